The van der Waals surface area contributed by atoms with Gasteiger partial charge in [-0.15, -0.1) is 0 Å². The molecule has 1 heterocycles. The Morgan fingerprint density at radius 1 is 1.36 bits per heavy atom. The van der Waals surface area contributed by atoms with Gasteiger partial charge in [0.05, 0.1) is 0 Å². The number of nitrogens with zero attached hydrogens (tertiary/aromatic N) is 2. The monoisotopic (exact) mass is 199 g/mol. The fourth-order valence-electron chi connectivity index (χ4n) is 2.54. The first kappa shape index (κ1) is 12.0. The summed E-state index contributed by atoms with van der Waals surface area (Å²) in [4.78, 5) is 4.73. The van der Waals surface area contributed by atoms with Crippen LogP contribution in [0.1, 0.15) is 26.2 Å². The van der Waals surface area contributed by atoms with E-state index >= 15 is 0 Å². The summed E-state index contributed by atoms with van der Waals surface area (Å²) in [5.74, 6) is 0. The van der Waals surface area contributed by atoms with E-state index < -0.39 is 0 Å². The molecule has 14 heavy (non-hydrogen) atoms. The average Bonchev–Trinajstić information content (AvgIpc) is 2.18. The van der Waals surface area contributed by atoms with Crippen LogP contribution in [0.5, 0.6) is 0 Å². The number of rotatable bonds is 3. The molecule has 1 aliphatic rings. The standard InChI is InChI=1S/C11H25N3/c1-5-10(12)11(13(2)3)6-8-14(4)9-7-11/h10H,5-9,12H2,1-4H3. The molecule has 0 aromatic heterocycles. The predicted molar refractivity (Wildman–Crippen MR) is 61.4 cm³/mol. The molecule has 0 aromatic carbocycles. The van der Waals surface area contributed by atoms with E-state index in [1.807, 2.05) is 0 Å². The van der Waals surface area contributed by atoms with Gasteiger partial charge in [-0.25, -0.2) is 0 Å². The Hall–Kier alpha value is -0.120. The second-order valence-corrected chi connectivity index (χ2v) is 4.82. The minimum absolute atomic E-state index is 0.237. The Kier molecular flexibility index (Phi) is 3.93. The van der Waals surface area contributed by atoms with Crippen LogP contribution in [0.25, 0.3) is 0 Å². The number of likely N-dealkylation sites (tertiary alicyclic amines) is 1. The average molecular weight is 199 g/mol. The van der Waals surface area contributed by atoms with Crippen molar-refractivity contribution >= 4 is 0 Å². The van der Waals surface area contributed by atoms with E-state index in [9.17, 15) is 0 Å². The molecular formula is C11H25N3. The van der Waals surface area contributed by atoms with E-state index in [1.165, 1.54) is 25.9 Å². The van der Waals surface area contributed by atoms with Crippen LogP contribution in [0, 0.1) is 0 Å². The second kappa shape index (κ2) is 4.60. The van der Waals surface area contributed by atoms with Crippen molar-refractivity contribution in [3.05, 3.63) is 0 Å². The highest BCUT2D eigenvalue weighted by atomic mass is 15.2. The fraction of sp³-hybridized carbons (Fsp3) is 1.00. The van der Waals surface area contributed by atoms with Gasteiger partial charge in [0, 0.05) is 11.6 Å². The SMILES string of the molecule is CCC(N)C1(N(C)C)CCN(C)CC1. The zero-order valence-corrected chi connectivity index (χ0v) is 10.1. The fourth-order valence-corrected chi connectivity index (χ4v) is 2.54. The summed E-state index contributed by atoms with van der Waals surface area (Å²) in [5, 5.41) is 0. The largest absolute Gasteiger partial charge is 0.326 e. The van der Waals surface area contributed by atoms with E-state index in [1.54, 1.807) is 0 Å². The maximum atomic E-state index is 6.27. The van der Waals surface area contributed by atoms with Crippen LogP contribution in [0.2, 0.25) is 0 Å². The molecule has 0 aromatic rings. The first-order chi connectivity index (χ1) is 6.53. The molecule has 0 aliphatic carbocycles. The first-order valence-electron chi connectivity index (χ1n) is 5.64. The van der Waals surface area contributed by atoms with Crippen molar-refractivity contribution in [3.8, 4) is 0 Å². The van der Waals surface area contributed by atoms with Gasteiger partial charge >= 0.3 is 0 Å². The molecule has 1 aliphatic heterocycles. The third-order valence-corrected chi connectivity index (χ3v) is 3.87. The van der Waals surface area contributed by atoms with Gasteiger partial charge in [-0.2, -0.15) is 0 Å². The van der Waals surface area contributed by atoms with E-state index in [0.29, 0.717) is 6.04 Å². The van der Waals surface area contributed by atoms with Crippen LogP contribution in [0.3, 0.4) is 0 Å². The van der Waals surface area contributed by atoms with Gasteiger partial charge < -0.3 is 15.5 Å². The summed E-state index contributed by atoms with van der Waals surface area (Å²) < 4.78 is 0. The highest BCUT2D eigenvalue weighted by Gasteiger charge is 2.40. The molecule has 3 heteroatoms. The molecule has 1 saturated heterocycles. The summed E-state index contributed by atoms with van der Waals surface area (Å²) >= 11 is 0. The summed E-state index contributed by atoms with van der Waals surface area (Å²) in [6, 6.07) is 0.311. The first-order valence-corrected chi connectivity index (χ1v) is 5.64. The lowest BCUT2D eigenvalue weighted by atomic mass is 9.79. The van der Waals surface area contributed by atoms with Crippen LogP contribution < -0.4 is 5.73 Å². The lowest BCUT2D eigenvalue weighted by Gasteiger charge is -2.49. The smallest absolute Gasteiger partial charge is 0.0378 e. The van der Waals surface area contributed by atoms with Gasteiger partial charge in [0.25, 0.3) is 0 Å². The number of hydrogen-bond donors (Lipinski definition) is 1. The second-order valence-electron chi connectivity index (χ2n) is 4.82. The van der Waals surface area contributed by atoms with Crippen molar-refractivity contribution in [1.82, 2.24) is 9.80 Å². The van der Waals surface area contributed by atoms with Gasteiger partial charge in [0.2, 0.25) is 0 Å². The van der Waals surface area contributed by atoms with Gasteiger partial charge in [-0.05, 0) is 53.5 Å². The third kappa shape index (κ3) is 2.10. The molecule has 1 rings (SSSR count). The molecule has 0 saturated carbocycles. The summed E-state index contributed by atoms with van der Waals surface area (Å²) in [6.07, 6.45) is 3.47. The number of hydrogen-bond acceptors (Lipinski definition) is 3. The number of piperidine rings is 1. The predicted octanol–water partition coefficient (Wildman–Crippen LogP) is 0.750. The molecule has 3 nitrogen and oxygen atoms in total. The molecular weight excluding hydrogens is 174 g/mol. The van der Waals surface area contributed by atoms with Crippen LogP contribution in [0.15, 0.2) is 0 Å². The van der Waals surface area contributed by atoms with Crippen LogP contribution in [0.4, 0.5) is 0 Å². The van der Waals surface area contributed by atoms with Crippen LogP contribution in [-0.4, -0.2) is 55.6 Å². The minimum atomic E-state index is 0.237. The maximum absolute atomic E-state index is 6.27. The minimum Gasteiger partial charge on any atom is -0.326 e. The van der Waals surface area contributed by atoms with Crippen LogP contribution in [-0.2, 0) is 0 Å². The molecule has 84 valence electrons. The molecule has 1 atom stereocenters. The Labute approximate surface area is 88.2 Å². The van der Waals surface area contributed by atoms with Crippen molar-refractivity contribution in [2.24, 2.45) is 5.73 Å². The van der Waals surface area contributed by atoms with Gasteiger partial charge in [-0.1, -0.05) is 6.92 Å². The van der Waals surface area contributed by atoms with E-state index in [-0.39, 0.29) is 5.54 Å². The zero-order chi connectivity index (χ0) is 10.8. The molecule has 0 bridgehead atoms. The Bertz CT molecular complexity index is 171. The van der Waals surface area contributed by atoms with Crippen molar-refractivity contribution in [1.29, 1.82) is 0 Å². The quantitative estimate of drug-likeness (QED) is 0.728. The van der Waals surface area contributed by atoms with Gasteiger partial charge in [0.15, 0.2) is 0 Å². The summed E-state index contributed by atoms with van der Waals surface area (Å²) in [7, 11) is 6.53. The lowest BCUT2D eigenvalue weighted by molar-refractivity contribution is 0.0425. The summed E-state index contributed by atoms with van der Waals surface area (Å²) in [5.41, 5.74) is 6.51. The van der Waals surface area contributed by atoms with Crippen molar-refractivity contribution in [2.75, 3.05) is 34.2 Å². The maximum Gasteiger partial charge on any atom is 0.0378 e. The van der Waals surface area contributed by atoms with Gasteiger partial charge in [-0.3, -0.25) is 0 Å². The molecule has 0 amide bonds. The lowest BCUT2D eigenvalue weighted by Crippen LogP contribution is -2.61. The van der Waals surface area contributed by atoms with E-state index in [0.717, 1.165) is 6.42 Å². The zero-order valence-electron chi connectivity index (χ0n) is 10.1. The molecule has 0 spiro atoms. The Morgan fingerprint density at radius 2 is 1.86 bits per heavy atom. The molecule has 1 fully saturated rings. The Balaban J connectivity index is 2.73. The molecule has 0 radical (unpaired) electrons. The molecule has 2 N–H and O–H groups in total. The highest BCUT2D eigenvalue weighted by molar-refractivity contribution is 4.99. The number of nitrogens with two attached hydrogens (primary N) is 1. The third-order valence-electron chi connectivity index (χ3n) is 3.87. The van der Waals surface area contributed by atoms with Crippen molar-refractivity contribution in [2.45, 2.75) is 37.8 Å². The van der Waals surface area contributed by atoms with Crippen LogP contribution >= 0.6 is 0 Å². The van der Waals surface area contributed by atoms with Gasteiger partial charge in [0.1, 0.15) is 0 Å². The topological polar surface area (TPSA) is 32.5 Å². The van der Waals surface area contributed by atoms with Crippen molar-refractivity contribution < 1.29 is 0 Å². The highest BCUT2D eigenvalue weighted by Crippen LogP contribution is 2.30. The normalized spacial score (nSPS) is 25.3. The Morgan fingerprint density at radius 3 is 2.21 bits per heavy atom. The number of likely N-dealkylation sites (N-methyl/N-ethyl adjacent to an activating group) is 1. The van der Waals surface area contributed by atoms with E-state index in [4.69, 9.17) is 5.73 Å². The molecule has 1 unspecified atom stereocenters. The van der Waals surface area contributed by atoms with Crippen molar-refractivity contribution in [3.63, 3.8) is 0 Å². The van der Waals surface area contributed by atoms with E-state index in [2.05, 4.69) is 37.9 Å². The summed E-state index contributed by atoms with van der Waals surface area (Å²) in [6.45, 7) is 4.53.